The monoisotopic (exact) mass is 300 g/mol. The summed E-state index contributed by atoms with van der Waals surface area (Å²) >= 11 is 0. The predicted octanol–water partition coefficient (Wildman–Crippen LogP) is 1.97. The van der Waals surface area contributed by atoms with E-state index in [1.807, 2.05) is 28.8 Å². The van der Waals surface area contributed by atoms with E-state index < -0.39 is 0 Å². The lowest BCUT2D eigenvalue weighted by Crippen LogP contribution is -2.39. The van der Waals surface area contributed by atoms with Crippen LogP contribution in [0, 0.1) is 5.92 Å². The van der Waals surface area contributed by atoms with Crippen LogP contribution in [-0.2, 0) is 6.54 Å². The number of nitrogens with zero attached hydrogens (tertiary/aromatic N) is 4. The van der Waals surface area contributed by atoms with E-state index in [1.54, 1.807) is 0 Å². The Labute approximate surface area is 131 Å². The van der Waals surface area contributed by atoms with Gasteiger partial charge in [-0.2, -0.15) is 0 Å². The summed E-state index contributed by atoms with van der Waals surface area (Å²) in [5.74, 6) is 2.54. The summed E-state index contributed by atoms with van der Waals surface area (Å²) in [6, 6.07) is 6.47. The maximum absolute atomic E-state index is 4.65. The molecule has 2 N–H and O–H groups in total. The van der Waals surface area contributed by atoms with Gasteiger partial charge in [0.2, 0.25) is 0 Å². The molecule has 0 saturated heterocycles. The maximum atomic E-state index is 4.65. The zero-order chi connectivity index (χ0) is 15.4. The highest BCUT2D eigenvalue weighted by atomic mass is 15.3. The van der Waals surface area contributed by atoms with E-state index in [-0.39, 0.29) is 0 Å². The lowest BCUT2D eigenvalue weighted by molar-refractivity contribution is 0.655. The molecule has 22 heavy (non-hydrogen) atoms. The van der Waals surface area contributed by atoms with Crippen LogP contribution in [0.1, 0.15) is 38.9 Å². The number of guanidine groups is 1. The predicted molar refractivity (Wildman–Crippen MR) is 87.7 cm³/mol. The van der Waals surface area contributed by atoms with Crippen molar-refractivity contribution >= 4 is 11.6 Å². The summed E-state index contributed by atoms with van der Waals surface area (Å²) in [4.78, 5) is 4.65. The molecule has 0 spiro atoms. The zero-order valence-corrected chi connectivity index (χ0v) is 13.3. The summed E-state index contributed by atoms with van der Waals surface area (Å²) in [5.41, 5.74) is 0.857. The van der Waals surface area contributed by atoms with Crippen LogP contribution in [0.5, 0.6) is 0 Å². The van der Waals surface area contributed by atoms with Gasteiger partial charge in [-0.1, -0.05) is 19.4 Å². The van der Waals surface area contributed by atoms with Crippen molar-refractivity contribution in [3.05, 3.63) is 30.2 Å². The fourth-order valence-electron chi connectivity index (χ4n) is 2.76. The molecule has 2 aromatic heterocycles. The Morgan fingerprint density at radius 1 is 1.36 bits per heavy atom. The molecule has 0 amide bonds. The number of nitrogens with one attached hydrogen (secondary N) is 2. The van der Waals surface area contributed by atoms with Crippen LogP contribution in [0.3, 0.4) is 0 Å². The quantitative estimate of drug-likeness (QED) is 0.632. The number of rotatable bonds is 6. The van der Waals surface area contributed by atoms with Gasteiger partial charge in [0.15, 0.2) is 17.4 Å². The van der Waals surface area contributed by atoms with Gasteiger partial charge in [-0.15, -0.1) is 10.2 Å². The molecule has 2 atom stereocenters. The Morgan fingerprint density at radius 2 is 2.27 bits per heavy atom. The smallest absolute Gasteiger partial charge is 0.191 e. The molecule has 1 fully saturated rings. The van der Waals surface area contributed by atoms with Crippen LogP contribution in [0.15, 0.2) is 29.4 Å². The van der Waals surface area contributed by atoms with Crippen LogP contribution < -0.4 is 10.6 Å². The van der Waals surface area contributed by atoms with E-state index in [2.05, 4.69) is 39.7 Å². The third-order valence-electron chi connectivity index (χ3n) is 4.01. The van der Waals surface area contributed by atoms with Crippen molar-refractivity contribution in [1.29, 1.82) is 0 Å². The molecule has 1 aliphatic rings. The third-order valence-corrected chi connectivity index (χ3v) is 4.01. The first-order valence-electron chi connectivity index (χ1n) is 8.15. The molecule has 0 aliphatic heterocycles. The van der Waals surface area contributed by atoms with E-state index in [1.165, 1.54) is 19.3 Å². The lowest BCUT2D eigenvalue weighted by atomic mass is 10.2. The Balaban J connectivity index is 1.65. The van der Waals surface area contributed by atoms with E-state index in [4.69, 9.17) is 0 Å². The molecule has 1 aliphatic carbocycles. The first-order chi connectivity index (χ1) is 10.8. The topological polar surface area (TPSA) is 66.6 Å². The SMILES string of the molecule is CCCC1CC1NC(=NCc1nnc2ccccn12)NCC. The Hall–Kier alpha value is -2.11. The van der Waals surface area contributed by atoms with E-state index in [0.29, 0.717) is 12.6 Å². The summed E-state index contributed by atoms with van der Waals surface area (Å²) in [6.45, 7) is 5.70. The van der Waals surface area contributed by atoms with Gasteiger partial charge in [-0.3, -0.25) is 4.40 Å². The van der Waals surface area contributed by atoms with E-state index in [9.17, 15) is 0 Å². The molecule has 6 heteroatoms. The van der Waals surface area contributed by atoms with Crippen molar-refractivity contribution in [2.24, 2.45) is 10.9 Å². The first-order valence-corrected chi connectivity index (χ1v) is 8.15. The van der Waals surface area contributed by atoms with Gasteiger partial charge in [0.05, 0.1) is 0 Å². The van der Waals surface area contributed by atoms with Gasteiger partial charge in [-0.25, -0.2) is 4.99 Å². The molecule has 3 rings (SSSR count). The van der Waals surface area contributed by atoms with Crippen molar-refractivity contribution in [2.75, 3.05) is 6.54 Å². The summed E-state index contributed by atoms with van der Waals surface area (Å²) in [5, 5.41) is 15.2. The first kappa shape index (κ1) is 14.8. The number of fused-ring (bicyclic) bond motifs is 1. The average Bonchev–Trinajstić information content (AvgIpc) is 3.12. The normalized spacial score (nSPS) is 21.1. The largest absolute Gasteiger partial charge is 0.357 e. The van der Waals surface area contributed by atoms with Gasteiger partial charge >= 0.3 is 0 Å². The van der Waals surface area contributed by atoms with Gasteiger partial charge in [0.1, 0.15) is 6.54 Å². The minimum absolute atomic E-state index is 0.520. The number of aromatic nitrogens is 3. The van der Waals surface area contributed by atoms with E-state index >= 15 is 0 Å². The Morgan fingerprint density at radius 3 is 3.09 bits per heavy atom. The molecule has 0 aromatic carbocycles. The number of aliphatic imine (C=N–C) groups is 1. The van der Waals surface area contributed by atoms with Crippen molar-refractivity contribution < 1.29 is 0 Å². The fraction of sp³-hybridized carbons (Fsp3) is 0.562. The second kappa shape index (κ2) is 6.77. The summed E-state index contributed by atoms with van der Waals surface area (Å²) in [6.07, 6.45) is 5.78. The van der Waals surface area contributed by atoms with Crippen LogP contribution in [0.4, 0.5) is 0 Å². The van der Waals surface area contributed by atoms with Crippen LogP contribution >= 0.6 is 0 Å². The molecular weight excluding hydrogens is 276 g/mol. The Bertz CT molecular complexity index is 647. The van der Waals surface area contributed by atoms with Crippen molar-refractivity contribution in [1.82, 2.24) is 25.2 Å². The molecular formula is C16H24N6. The van der Waals surface area contributed by atoms with Crippen LogP contribution in [0.2, 0.25) is 0 Å². The standard InChI is InChI=1S/C16H24N6/c1-3-7-12-10-13(12)19-16(17-4-2)18-11-15-21-20-14-8-5-6-9-22(14)15/h5-6,8-9,12-13H,3-4,7,10-11H2,1-2H3,(H2,17,18,19). The van der Waals surface area contributed by atoms with Gasteiger partial charge in [0, 0.05) is 18.8 Å². The molecule has 2 aromatic rings. The van der Waals surface area contributed by atoms with E-state index in [0.717, 1.165) is 29.9 Å². The highest BCUT2D eigenvalue weighted by Gasteiger charge is 2.36. The average molecular weight is 300 g/mol. The summed E-state index contributed by atoms with van der Waals surface area (Å²) < 4.78 is 1.98. The highest BCUT2D eigenvalue weighted by Crippen LogP contribution is 2.34. The molecule has 1 saturated carbocycles. The van der Waals surface area contributed by atoms with Crippen LogP contribution in [0.25, 0.3) is 5.65 Å². The number of hydrogen-bond donors (Lipinski definition) is 2. The summed E-state index contributed by atoms with van der Waals surface area (Å²) in [7, 11) is 0. The highest BCUT2D eigenvalue weighted by molar-refractivity contribution is 5.80. The van der Waals surface area contributed by atoms with Crippen molar-refractivity contribution in [2.45, 2.75) is 45.7 Å². The minimum Gasteiger partial charge on any atom is -0.357 e. The molecule has 0 radical (unpaired) electrons. The van der Waals surface area contributed by atoms with Crippen LogP contribution in [-0.4, -0.2) is 33.1 Å². The molecule has 6 nitrogen and oxygen atoms in total. The van der Waals surface area contributed by atoms with Gasteiger partial charge in [-0.05, 0) is 37.8 Å². The minimum atomic E-state index is 0.520. The second-order valence-electron chi connectivity index (χ2n) is 5.78. The second-order valence-corrected chi connectivity index (χ2v) is 5.78. The lowest BCUT2D eigenvalue weighted by Gasteiger charge is -2.10. The maximum Gasteiger partial charge on any atom is 0.191 e. The number of pyridine rings is 1. The van der Waals surface area contributed by atoms with Gasteiger partial charge in [0.25, 0.3) is 0 Å². The molecule has 2 unspecified atom stereocenters. The van der Waals surface area contributed by atoms with Crippen molar-refractivity contribution in [3.63, 3.8) is 0 Å². The third kappa shape index (κ3) is 3.37. The molecule has 0 bridgehead atoms. The van der Waals surface area contributed by atoms with Crippen molar-refractivity contribution in [3.8, 4) is 0 Å². The molecule has 2 heterocycles. The van der Waals surface area contributed by atoms with Gasteiger partial charge < -0.3 is 10.6 Å². The zero-order valence-electron chi connectivity index (χ0n) is 13.3. The molecule has 118 valence electrons. The Kier molecular flexibility index (Phi) is 4.56. The fourth-order valence-corrected chi connectivity index (χ4v) is 2.76. The number of hydrogen-bond acceptors (Lipinski definition) is 3.